The van der Waals surface area contributed by atoms with E-state index in [-0.39, 0.29) is 11.3 Å². The van der Waals surface area contributed by atoms with Gasteiger partial charge < -0.3 is 14.7 Å². The molecule has 7 nitrogen and oxygen atoms in total. The summed E-state index contributed by atoms with van der Waals surface area (Å²) in [6, 6.07) is 10.9. The lowest BCUT2D eigenvalue weighted by Crippen LogP contribution is -2.48. The number of halogens is 4. The monoisotopic (exact) mass is 611 g/mol. The zero-order chi connectivity index (χ0) is 29.6. The minimum Gasteiger partial charge on any atom is -0.497 e. The molecule has 222 valence electrons. The van der Waals surface area contributed by atoms with Gasteiger partial charge in [0.25, 0.3) is 0 Å². The molecular formula is C29H33ClF3N3O4S. The summed E-state index contributed by atoms with van der Waals surface area (Å²) >= 11 is 7.63. The Kier molecular flexibility index (Phi) is 10.4. The molecule has 0 aliphatic carbocycles. The highest BCUT2D eigenvalue weighted by molar-refractivity contribution is 7.99. The first-order valence-electron chi connectivity index (χ1n) is 13.3. The Balaban J connectivity index is 1.35. The van der Waals surface area contributed by atoms with Crippen molar-refractivity contribution < 1.29 is 33.0 Å². The Labute approximate surface area is 246 Å². The van der Waals surface area contributed by atoms with E-state index < -0.39 is 29.2 Å². The summed E-state index contributed by atoms with van der Waals surface area (Å²) in [5, 5.41) is 21.7. The number of hydrogen-bond donors (Lipinski definition) is 3. The van der Waals surface area contributed by atoms with E-state index in [1.54, 1.807) is 31.4 Å². The van der Waals surface area contributed by atoms with Crippen molar-refractivity contribution in [3.05, 3.63) is 64.8 Å². The molecule has 0 radical (unpaired) electrons. The Morgan fingerprint density at radius 3 is 2.66 bits per heavy atom. The van der Waals surface area contributed by atoms with Gasteiger partial charge in [-0.2, -0.15) is 13.2 Å². The molecule has 4 rings (SSSR count). The number of benzene rings is 2. The molecule has 0 bridgehead atoms. The number of amides is 1. The number of aliphatic hydroxyl groups is 1. The van der Waals surface area contributed by atoms with Crippen LogP contribution in [0, 0.1) is 5.41 Å². The molecule has 12 heteroatoms. The van der Waals surface area contributed by atoms with Crippen molar-refractivity contribution in [1.82, 2.24) is 15.4 Å². The lowest BCUT2D eigenvalue weighted by atomic mass is 9.73. The highest BCUT2D eigenvalue weighted by Gasteiger charge is 2.41. The number of ether oxygens (including phenoxy) is 1. The number of aliphatic hydroxyl groups excluding tert-OH is 1. The Hall–Kier alpha value is -2.57. The quantitative estimate of drug-likeness (QED) is 0.0986. The summed E-state index contributed by atoms with van der Waals surface area (Å²) in [6.45, 7) is 1.86. The third-order valence-electron chi connectivity index (χ3n) is 7.76. The fourth-order valence-corrected chi connectivity index (χ4v) is 6.69. The van der Waals surface area contributed by atoms with E-state index in [1.807, 2.05) is 5.48 Å². The maximum Gasteiger partial charge on any atom is 0.417 e. The summed E-state index contributed by atoms with van der Waals surface area (Å²) in [5.41, 5.74) is 1.48. The maximum atomic E-state index is 13.2. The van der Waals surface area contributed by atoms with Crippen LogP contribution in [0.1, 0.15) is 49.3 Å². The second-order valence-electron chi connectivity index (χ2n) is 10.2. The van der Waals surface area contributed by atoms with Crippen molar-refractivity contribution in [2.75, 3.05) is 32.5 Å². The van der Waals surface area contributed by atoms with Crippen LogP contribution in [0.5, 0.6) is 5.75 Å². The van der Waals surface area contributed by atoms with Gasteiger partial charge in [0.05, 0.1) is 34.7 Å². The van der Waals surface area contributed by atoms with E-state index in [0.29, 0.717) is 78.3 Å². The zero-order valence-electron chi connectivity index (χ0n) is 22.6. The summed E-state index contributed by atoms with van der Waals surface area (Å²) in [4.78, 5) is 19.5. The molecule has 0 unspecified atom stereocenters. The van der Waals surface area contributed by atoms with Gasteiger partial charge in [-0.1, -0.05) is 23.7 Å². The van der Waals surface area contributed by atoms with Crippen LogP contribution in [-0.2, 0) is 11.0 Å². The van der Waals surface area contributed by atoms with Gasteiger partial charge in [-0.3, -0.25) is 15.0 Å². The first-order valence-corrected chi connectivity index (χ1v) is 14.7. The molecule has 0 spiro atoms. The summed E-state index contributed by atoms with van der Waals surface area (Å²) in [6.07, 6.45) is -1.69. The van der Waals surface area contributed by atoms with E-state index in [1.165, 1.54) is 30.1 Å². The molecule has 1 aliphatic rings. The predicted octanol–water partition coefficient (Wildman–Crippen LogP) is 6.50. The number of carbonyl (C=O) groups is 1. The molecular weight excluding hydrogens is 579 g/mol. The van der Waals surface area contributed by atoms with Gasteiger partial charge in [0.2, 0.25) is 5.91 Å². The van der Waals surface area contributed by atoms with Crippen LogP contribution >= 0.6 is 23.4 Å². The van der Waals surface area contributed by atoms with Crippen LogP contribution in [0.15, 0.2) is 53.6 Å². The molecule has 3 N–H and O–H groups in total. The van der Waals surface area contributed by atoms with Crippen molar-refractivity contribution >= 4 is 40.2 Å². The minimum atomic E-state index is -4.39. The first kappa shape index (κ1) is 31.4. The third-order valence-corrected chi connectivity index (χ3v) is 9.22. The maximum absolute atomic E-state index is 13.2. The van der Waals surface area contributed by atoms with E-state index in [9.17, 15) is 28.3 Å². The molecule has 1 atom stereocenters. The Morgan fingerprint density at radius 2 is 1.98 bits per heavy atom. The molecule has 1 aromatic heterocycles. The van der Waals surface area contributed by atoms with E-state index in [2.05, 4.69) is 9.88 Å². The number of nitrogens with one attached hydrogen (secondary N) is 1. The fourth-order valence-electron chi connectivity index (χ4n) is 5.40. The first-order chi connectivity index (χ1) is 19.6. The van der Waals surface area contributed by atoms with Gasteiger partial charge in [-0.25, -0.2) is 5.48 Å². The number of carbonyl (C=O) groups excluding carboxylic acids is 1. The lowest BCUT2D eigenvalue weighted by Gasteiger charge is -2.40. The number of rotatable bonds is 11. The number of alkyl halides is 3. The number of thioether (sulfide) groups is 1. The Bertz CT molecular complexity index is 1350. The highest BCUT2D eigenvalue weighted by Crippen LogP contribution is 2.41. The number of hydrogen-bond acceptors (Lipinski definition) is 7. The van der Waals surface area contributed by atoms with Crippen molar-refractivity contribution in [1.29, 1.82) is 0 Å². The van der Waals surface area contributed by atoms with E-state index >= 15 is 0 Å². The second-order valence-corrected chi connectivity index (χ2v) is 11.8. The number of pyridine rings is 1. The van der Waals surface area contributed by atoms with Crippen LogP contribution in [-0.4, -0.2) is 58.6 Å². The number of hydroxylamine groups is 1. The highest BCUT2D eigenvalue weighted by atomic mass is 35.5. The van der Waals surface area contributed by atoms with Crippen molar-refractivity contribution in [3.63, 3.8) is 0 Å². The average molecular weight is 612 g/mol. The lowest BCUT2D eigenvalue weighted by molar-refractivity contribution is -0.144. The van der Waals surface area contributed by atoms with Crippen molar-refractivity contribution in [2.24, 2.45) is 5.41 Å². The number of fused-ring (bicyclic) bond motifs is 1. The van der Waals surface area contributed by atoms with Crippen LogP contribution in [0.25, 0.3) is 10.9 Å². The van der Waals surface area contributed by atoms with Crippen LogP contribution in [0.2, 0.25) is 5.02 Å². The van der Waals surface area contributed by atoms with Gasteiger partial charge in [0.15, 0.2) is 0 Å². The summed E-state index contributed by atoms with van der Waals surface area (Å²) in [7, 11) is 1.55. The molecule has 1 amide bonds. The third kappa shape index (κ3) is 7.45. The minimum absolute atomic E-state index is 0.219. The number of aromatic nitrogens is 1. The topological polar surface area (TPSA) is 94.9 Å². The van der Waals surface area contributed by atoms with Crippen molar-refractivity contribution in [2.45, 2.75) is 49.3 Å². The van der Waals surface area contributed by atoms with Crippen LogP contribution in [0.3, 0.4) is 0 Å². The molecule has 41 heavy (non-hydrogen) atoms. The van der Waals surface area contributed by atoms with E-state index in [4.69, 9.17) is 16.3 Å². The van der Waals surface area contributed by atoms with Crippen LogP contribution in [0.4, 0.5) is 13.2 Å². The molecule has 1 fully saturated rings. The van der Waals surface area contributed by atoms with Gasteiger partial charge >= 0.3 is 6.18 Å². The number of likely N-dealkylation sites (tertiary alicyclic amines) is 1. The fraction of sp³-hybridized carbons (Fsp3) is 0.448. The normalized spacial score (nSPS) is 16.5. The van der Waals surface area contributed by atoms with Gasteiger partial charge in [-0.15, -0.1) is 11.8 Å². The second kappa shape index (κ2) is 13.6. The summed E-state index contributed by atoms with van der Waals surface area (Å²) < 4.78 is 45.0. The van der Waals surface area contributed by atoms with Gasteiger partial charge in [0.1, 0.15) is 5.75 Å². The number of methoxy groups -OCH3 is 1. The molecule has 1 saturated heterocycles. The average Bonchev–Trinajstić information content (AvgIpc) is 2.97. The number of nitrogens with zero attached hydrogens (tertiary/aromatic N) is 2. The predicted molar refractivity (Wildman–Crippen MR) is 152 cm³/mol. The van der Waals surface area contributed by atoms with E-state index in [0.717, 1.165) is 6.07 Å². The number of piperidine rings is 1. The zero-order valence-corrected chi connectivity index (χ0v) is 24.2. The molecule has 1 aliphatic heterocycles. The molecule has 0 saturated carbocycles. The Morgan fingerprint density at radius 1 is 1.24 bits per heavy atom. The molecule has 3 aromatic rings. The van der Waals surface area contributed by atoms with Crippen LogP contribution < -0.4 is 10.2 Å². The standard InChI is InChI=1S/C29H33ClF3N3O4S/c1-40-19-7-8-23-20(17-19)26(22(30)18-34-23)24(37)9-10-28(27(38)35-39)11-14-36(15-12-28)13-4-16-41-25-6-3-2-5-21(25)29(31,32)33/h2-3,5-8,17-18,24,37,39H,4,9-16H2,1H3,(H,35,38)/t24-/m1/s1. The SMILES string of the molecule is COc1ccc2ncc(Cl)c([C@H](O)CCC3(C(=O)NO)CCN(CCCSc4ccccc4C(F)(F)F)CC3)c2c1. The largest absolute Gasteiger partial charge is 0.497 e. The van der Waals surface area contributed by atoms with Gasteiger partial charge in [-0.05, 0) is 87.8 Å². The molecule has 2 heterocycles. The molecule has 2 aromatic carbocycles. The smallest absolute Gasteiger partial charge is 0.417 e. The van der Waals surface area contributed by atoms with Gasteiger partial charge in [0, 0.05) is 22.0 Å². The summed E-state index contributed by atoms with van der Waals surface area (Å²) in [5.74, 6) is 0.640. The van der Waals surface area contributed by atoms with Crippen molar-refractivity contribution in [3.8, 4) is 5.75 Å².